The van der Waals surface area contributed by atoms with Crippen molar-refractivity contribution in [1.29, 1.82) is 0 Å². The largest absolute Gasteiger partial charge is 0.467 e. The van der Waals surface area contributed by atoms with E-state index in [9.17, 15) is 4.79 Å². The number of esters is 1. The number of methoxy groups -OCH3 is 1. The second kappa shape index (κ2) is 5.29. The molecule has 1 unspecified atom stereocenters. The van der Waals surface area contributed by atoms with Gasteiger partial charge in [-0.25, -0.2) is 9.78 Å². The molecule has 0 amide bonds. The molecule has 1 aromatic rings. The lowest BCUT2D eigenvalue weighted by molar-refractivity contribution is -0.141. The number of hydrazine groups is 1. The van der Waals surface area contributed by atoms with Crippen molar-refractivity contribution in [2.75, 3.05) is 12.5 Å². The number of aliphatic imine (C=N–C) groups is 1. The van der Waals surface area contributed by atoms with Gasteiger partial charge in [0.15, 0.2) is 0 Å². The van der Waals surface area contributed by atoms with Gasteiger partial charge in [0.25, 0.3) is 0 Å². The second-order valence-corrected chi connectivity index (χ2v) is 3.62. The van der Waals surface area contributed by atoms with Crippen LogP contribution in [-0.4, -0.2) is 29.9 Å². The van der Waals surface area contributed by atoms with Crippen LogP contribution in [-0.2, 0) is 9.53 Å². The minimum atomic E-state index is -0.381. The number of carbonyl (C=O) groups excluding carboxylic acids is 1. The molecule has 1 atom stereocenters. The molecular formula is C11H14N4O2. The first-order valence-corrected chi connectivity index (χ1v) is 5.37. The first-order chi connectivity index (χ1) is 8.29. The van der Waals surface area contributed by atoms with Gasteiger partial charge in [-0.2, -0.15) is 0 Å². The number of aromatic nitrogens is 1. The Labute approximate surface area is 99.1 Å². The molecule has 0 aliphatic carbocycles. The normalized spacial score (nSPS) is 18.4. The lowest BCUT2D eigenvalue weighted by Gasteiger charge is -2.07. The first kappa shape index (κ1) is 11.4. The Hall–Kier alpha value is -2.11. The summed E-state index contributed by atoms with van der Waals surface area (Å²) in [6.07, 6.45) is 3.09. The van der Waals surface area contributed by atoms with Crippen molar-refractivity contribution in [3.63, 3.8) is 0 Å². The van der Waals surface area contributed by atoms with Crippen LogP contribution in [0.4, 0.5) is 5.82 Å². The summed E-state index contributed by atoms with van der Waals surface area (Å²) >= 11 is 0. The highest BCUT2D eigenvalue weighted by Crippen LogP contribution is 2.13. The fraction of sp³-hybridized carbons (Fsp3) is 0.364. The van der Waals surface area contributed by atoms with Gasteiger partial charge in [0.1, 0.15) is 17.7 Å². The van der Waals surface area contributed by atoms with Crippen LogP contribution in [0, 0.1) is 0 Å². The van der Waals surface area contributed by atoms with Crippen LogP contribution in [0.2, 0.25) is 0 Å². The number of amidine groups is 1. The van der Waals surface area contributed by atoms with Crippen molar-refractivity contribution < 1.29 is 9.53 Å². The predicted molar refractivity (Wildman–Crippen MR) is 63.5 cm³/mol. The van der Waals surface area contributed by atoms with Gasteiger partial charge in [0, 0.05) is 12.6 Å². The van der Waals surface area contributed by atoms with Gasteiger partial charge in [-0.3, -0.25) is 15.8 Å². The Morgan fingerprint density at radius 1 is 1.47 bits per heavy atom. The van der Waals surface area contributed by atoms with Gasteiger partial charge >= 0.3 is 5.97 Å². The average molecular weight is 234 g/mol. The molecule has 0 spiro atoms. The number of pyridine rings is 1. The van der Waals surface area contributed by atoms with E-state index in [1.807, 2.05) is 18.2 Å². The molecule has 0 radical (unpaired) electrons. The summed E-state index contributed by atoms with van der Waals surface area (Å²) in [5.41, 5.74) is 5.86. The van der Waals surface area contributed by atoms with E-state index < -0.39 is 0 Å². The summed E-state index contributed by atoms with van der Waals surface area (Å²) in [6, 6.07) is 5.17. The molecule has 0 saturated heterocycles. The average Bonchev–Trinajstić information content (AvgIpc) is 2.85. The molecule has 17 heavy (non-hydrogen) atoms. The highest BCUT2D eigenvalue weighted by Gasteiger charge is 2.24. The van der Waals surface area contributed by atoms with E-state index in [0.717, 1.165) is 12.3 Å². The number of hydrogen-bond donors (Lipinski definition) is 2. The topological polar surface area (TPSA) is 75.6 Å². The standard InChI is InChI=1S/C11H14N4O2/c1-17-11(16)8-5-6-10(13-8)15-14-9-4-2-3-7-12-9/h2-4,7-8H,5-6H2,1H3,(H,12,14)(H,13,15). The molecule has 1 aliphatic rings. The third kappa shape index (κ3) is 2.93. The van der Waals surface area contributed by atoms with Crippen LogP contribution >= 0.6 is 0 Å². The summed E-state index contributed by atoms with van der Waals surface area (Å²) in [6.45, 7) is 0. The van der Waals surface area contributed by atoms with E-state index in [4.69, 9.17) is 0 Å². The quantitative estimate of drug-likeness (QED) is 0.595. The zero-order valence-electron chi connectivity index (χ0n) is 9.51. The SMILES string of the molecule is COC(=O)C1CCC(NNc2ccccn2)=N1. The van der Waals surface area contributed by atoms with Gasteiger partial charge < -0.3 is 4.74 Å². The third-order valence-corrected chi connectivity index (χ3v) is 2.44. The van der Waals surface area contributed by atoms with Gasteiger partial charge in [-0.05, 0) is 18.6 Å². The van der Waals surface area contributed by atoms with Gasteiger partial charge in [-0.1, -0.05) is 6.07 Å². The summed E-state index contributed by atoms with van der Waals surface area (Å²) < 4.78 is 4.64. The molecule has 2 heterocycles. The number of hydrogen-bond acceptors (Lipinski definition) is 6. The fourth-order valence-corrected chi connectivity index (χ4v) is 1.56. The summed E-state index contributed by atoms with van der Waals surface area (Å²) in [5.74, 6) is 1.16. The molecule has 2 rings (SSSR count). The Morgan fingerprint density at radius 3 is 3.06 bits per heavy atom. The van der Waals surface area contributed by atoms with E-state index in [1.165, 1.54) is 7.11 Å². The zero-order valence-corrected chi connectivity index (χ0v) is 9.51. The number of rotatable bonds is 3. The molecular weight excluding hydrogens is 220 g/mol. The molecule has 1 aliphatic heterocycles. The summed E-state index contributed by atoms with van der Waals surface area (Å²) in [4.78, 5) is 19.5. The smallest absolute Gasteiger partial charge is 0.330 e. The maximum atomic E-state index is 11.2. The number of ether oxygens (including phenoxy) is 1. The Balaban J connectivity index is 1.87. The summed E-state index contributed by atoms with van der Waals surface area (Å²) in [5, 5.41) is 0. The molecule has 0 aromatic carbocycles. The van der Waals surface area contributed by atoms with Gasteiger partial charge in [0.2, 0.25) is 0 Å². The third-order valence-electron chi connectivity index (χ3n) is 2.44. The monoisotopic (exact) mass is 234 g/mol. The van der Waals surface area contributed by atoms with E-state index in [2.05, 4.69) is 25.6 Å². The van der Waals surface area contributed by atoms with Crippen molar-refractivity contribution in [3.05, 3.63) is 24.4 Å². The summed E-state index contributed by atoms with van der Waals surface area (Å²) in [7, 11) is 1.37. The van der Waals surface area contributed by atoms with Crippen molar-refractivity contribution in [3.8, 4) is 0 Å². The number of anilines is 1. The first-order valence-electron chi connectivity index (χ1n) is 5.37. The highest BCUT2D eigenvalue weighted by molar-refractivity contribution is 5.90. The second-order valence-electron chi connectivity index (χ2n) is 3.62. The molecule has 6 heteroatoms. The van der Waals surface area contributed by atoms with Gasteiger partial charge in [-0.15, -0.1) is 0 Å². The van der Waals surface area contributed by atoms with Crippen LogP contribution in [0.15, 0.2) is 29.4 Å². The fourth-order valence-electron chi connectivity index (χ4n) is 1.56. The predicted octanol–water partition coefficient (Wildman–Crippen LogP) is 0.732. The van der Waals surface area contributed by atoms with Crippen LogP contribution in [0.1, 0.15) is 12.8 Å². The van der Waals surface area contributed by atoms with Crippen LogP contribution in [0.5, 0.6) is 0 Å². The lowest BCUT2D eigenvalue weighted by Crippen LogP contribution is -2.28. The van der Waals surface area contributed by atoms with Crippen molar-refractivity contribution >= 4 is 17.6 Å². The highest BCUT2D eigenvalue weighted by atomic mass is 16.5. The van der Waals surface area contributed by atoms with Crippen LogP contribution in [0.3, 0.4) is 0 Å². The Morgan fingerprint density at radius 2 is 2.35 bits per heavy atom. The minimum Gasteiger partial charge on any atom is -0.467 e. The lowest BCUT2D eigenvalue weighted by atomic mass is 10.2. The number of nitrogens with one attached hydrogen (secondary N) is 2. The van der Waals surface area contributed by atoms with E-state index >= 15 is 0 Å². The minimum absolute atomic E-state index is 0.292. The number of nitrogens with zero attached hydrogens (tertiary/aromatic N) is 2. The van der Waals surface area contributed by atoms with Crippen molar-refractivity contribution in [1.82, 2.24) is 10.4 Å². The molecule has 0 fully saturated rings. The zero-order chi connectivity index (χ0) is 12.1. The van der Waals surface area contributed by atoms with E-state index in [-0.39, 0.29) is 12.0 Å². The molecule has 1 aromatic heterocycles. The molecule has 90 valence electrons. The molecule has 2 N–H and O–H groups in total. The van der Waals surface area contributed by atoms with Crippen molar-refractivity contribution in [2.45, 2.75) is 18.9 Å². The molecule has 0 saturated carbocycles. The van der Waals surface area contributed by atoms with Gasteiger partial charge in [0.05, 0.1) is 7.11 Å². The van der Waals surface area contributed by atoms with E-state index in [0.29, 0.717) is 12.2 Å². The maximum Gasteiger partial charge on any atom is 0.330 e. The molecule has 0 bridgehead atoms. The van der Waals surface area contributed by atoms with Crippen molar-refractivity contribution in [2.24, 2.45) is 4.99 Å². The van der Waals surface area contributed by atoms with Crippen LogP contribution < -0.4 is 10.9 Å². The maximum absolute atomic E-state index is 11.2. The van der Waals surface area contributed by atoms with E-state index in [1.54, 1.807) is 6.20 Å². The Bertz CT molecular complexity index is 419. The number of carbonyl (C=O) groups is 1. The van der Waals surface area contributed by atoms with Crippen LogP contribution in [0.25, 0.3) is 0 Å². The Kier molecular flexibility index (Phi) is 3.54. The molecule has 6 nitrogen and oxygen atoms in total.